The first-order chi connectivity index (χ1) is 12.2. The second kappa shape index (κ2) is 8.04. The van der Waals surface area contributed by atoms with Gasteiger partial charge in [0, 0.05) is 56.2 Å². The van der Waals surface area contributed by atoms with E-state index < -0.39 is 0 Å². The summed E-state index contributed by atoms with van der Waals surface area (Å²) in [5.74, 6) is 0.643. The number of hydrogen-bond donors (Lipinski definition) is 2. The van der Waals surface area contributed by atoms with Gasteiger partial charge in [0.2, 0.25) is 0 Å². The summed E-state index contributed by atoms with van der Waals surface area (Å²) in [6.07, 6.45) is 3.38. The molecule has 1 aromatic heterocycles. The highest BCUT2D eigenvalue weighted by Gasteiger charge is 2.20. The first kappa shape index (κ1) is 17.3. The summed E-state index contributed by atoms with van der Waals surface area (Å²) in [6.45, 7) is 3.93. The van der Waals surface area contributed by atoms with Gasteiger partial charge in [-0.1, -0.05) is 12.1 Å². The Balaban J connectivity index is 1.88. The molecule has 1 saturated heterocycles. The third kappa shape index (κ3) is 4.12. The molecule has 132 valence electrons. The van der Waals surface area contributed by atoms with Crippen LogP contribution in [0.1, 0.15) is 10.4 Å². The number of hydrogen-bond acceptors (Lipinski definition) is 6. The van der Waals surface area contributed by atoms with E-state index in [4.69, 9.17) is 5.11 Å². The van der Waals surface area contributed by atoms with Gasteiger partial charge in [-0.25, -0.2) is 4.98 Å². The zero-order valence-corrected chi connectivity index (χ0v) is 14.4. The average molecular weight is 341 g/mol. The van der Waals surface area contributed by atoms with Crippen LogP contribution >= 0.6 is 0 Å². The second-order valence-corrected chi connectivity index (χ2v) is 6.08. The Kier molecular flexibility index (Phi) is 5.57. The number of piperazine rings is 1. The van der Waals surface area contributed by atoms with Crippen molar-refractivity contribution in [3.8, 4) is 11.3 Å². The third-order valence-electron chi connectivity index (χ3n) is 4.28. The van der Waals surface area contributed by atoms with Gasteiger partial charge in [-0.3, -0.25) is 9.78 Å². The summed E-state index contributed by atoms with van der Waals surface area (Å²) in [5.41, 5.74) is 2.18. The molecule has 7 heteroatoms. The van der Waals surface area contributed by atoms with E-state index in [1.165, 1.54) is 0 Å². The summed E-state index contributed by atoms with van der Waals surface area (Å²) in [4.78, 5) is 25.7. The molecule has 1 aliphatic heterocycles. The Bertz CT molecular complexity index is 729. The van der Waals surface area contributed by atoms with Gasteiger partial charge >= 0.3 is 0 Å². The number of anilines is 1. The number of aromatic nitrogens is 2. The monoisotopic (exact) mass is 341 g/mol. The highest BCUT2D eigenvalue weighted by molar-refractivity contribution is 5.95. The van der Waals surface area contributed by atoms with E-state index in [9.17, 15) is 4.79 Å². The molecule has 0 bridgehead atoms. The minimum Gasteiger partial charge on any atom is -0.395 e. The lowest BCUT2D eigenvalue weighted by molar-refractivity contribution is 0.0945. The number of benzene rings is 1. The fourth-order valence-electron chi connectivity index (χ4n) is 2.86. The molecule has 7 nitrogen and oxygen atoms in total. The summed E-state index contributed by atoms with van der Waals surface area (Å²) in [5, 5.41) is 11.5. The molecule has 1 fully saturated rings. The summed E-state index contributed by atoms with van der Waals surface area (Å²) >= 11 is 0. The van der Waals surface area contributed by atoms with E-state index in [-0.39, 0.29) is 19.1 Å². The molecule has 1 aliphatic rings. The first-order valence-corrected chi connectivity index (χ1v) is 8.43. The van der Waals surface area contributed by atoms with E-state index in [1.54, 1.807) is 18.5 Å². The zero-order valence-electron chi connectivity index (χ0n) is 14.4. The van der Waals surface area contributed by atoms with Crippen molar-refractivity contribution < 1.29 is 9.90 Å². The zero-order chi connectivity index (χ0) is 17.6. The summed E-state index contributed by atoms with van der Waals surface area (Å²) in [6, 6.07) is 7.34. The molecule has 1 amide bonds. The lowest BCUT2D eigenvalue weighted by atomic mass is 10.1. The number of nitrogens with zero attached hydrogens (tertiary/aromatic N) is 4. The molecule has 1 aromatic carbocycles. The molecule has 0 saturated carbocycles. The molecule has 2 aromatic rings. The first-order valence-electron chi connectivity index (χ1n) is 8.43. The van der Waals surface area contributed by atoms with Crippen molar-refractivity contribution >= 4 is 11.7 Å². The van der Waals surface area contributed by atoms with Gasteiger partial charge in [0.05, 0.1) is 6.61 Å². The molecule has 2 N–H and O–H groups in total. The van der Waals surface area contributed by atoms with Gasteiger partial charge in [-0.15, -0.1) is 0 Å². The number of carbonyl (C=O) groups is 1. The minimum absolute atomic E-state index is 0.0802. The average Bonchev–Trinajstić information content (AvgIpc) is 2.67. The fourth-order valence-corrected chi connectivity index (χ4v) is 2.86. The SMILES string of the molecule is CN1CCN(c2nccnc2-c2cccc(C(=O)NCCO)c2)CC1. The predicted octanol–water partition coefficient (Wildman–Crippen LogP) is 0.617. The van der Waals surface area contributed by atoms with Gasteiger partial charge in [-0.05, 0) is 19.2 Å². The quantitative estimate of drug-likeness (QED) is 0.830. The number of rotatable bonds is 5. The maximum atomic E-state index is 12.1. The molecular weight excluding hydrogens is 318 g/mol. The van der Waals surface area contributed by atoms with Crippen LogP contribution in [0.3, 0.4) is 0 Å². The van der Waals surface area contributed by atoms with Crippen LogP contribution in [0.4, 0.5) is 5.82 Å². The van der Waals surface area contributed by atoms with Crippen molar-refractivity contribution in [1.82, 2.24) is 20.2 Å². The Morgan fingerprint density at radius 2 is 1.96 bits per heavy atom. The fraction of sp³-hybridized carbons (Fsp3) is 0.389. The standard InChI is InChI=1S/C18H23N5O2/c1-22-8-10-23(11-9-22)17-16(19-5-6-20-17)14-3-2-4-15(13-14)18(25)21-7-12-24/h2-6,13,24H,7-12H2,1H3,(H,21,25). The Morgan fingerprint density at radius 1 is 1.20 bits per heavy atom. The van der Waals surface area contributed by atoms with Crippen LogP contribution in [-0.2, 0) is 0 Å². The van der Waals surface area contributed by atoms with Gasteiger partial charge < -0.3 is 20.2 Å². The van der Waals surface area contributed by atoms with Crippen molar-refractivity contribution in [2.24, 2.45) is 0 Å². The molecule has 0 atom stereocenters. The summed E-state index contributed by atoms with van der Waals surface area (Å²) in [7, 11) is 2.11. The van der Waals surface area contributed by atoms with Crippen LogP contribution in [-0.4, -0.2) is 72.3 Å². The topological polar surface area (TPSA) is 81.6 Å². The van der Waals surface area contributed by atoms with E-state index >= 15 is 0 Å². The number of amides is 1. The molecular formula is C18H23N5O2. The molecule has 0 spiro atoms. The lowest BCUT2D eigenvalue weighted by Gasteiger charge is -2.33. The van der Waals surface area contributed by atoms with Crippen molar-refractivity contribution in [2.75, 3.05) is 51.3 Å². The van der Waals surface area contributed by atoms with Crippen molar-refractivity contribution in [2.45, 2.75) is 0 Å². The van der Waals surface area contributed by atoms with E-state index in [0.717, 1.165) is 43.3 Å². The Morgan fingerprint density at radius 3 is 2.72 bits per heavy atom. The van der Waals surface area contributed by atoms with Crippen molar-refractivity contribution in [1.29, 1.82) is 0 Å². The van der Waals surface area contributed by atoms with E-state index in [2.05, 4.69) is 32.1 Å². The summed E-state index contributed by atoms with van der Waals surface area (Å²) < 4.78 is 0. The Hall–Kier alpha value is -2.51. The lowest BCUT2D eigenvalue weighted by Crippen LogP contribution is -2.45. The molecule has 0 aliphatic carbocycles. The maximum Gasteiger partial charge on any atom is 0.251 e. The number of carbonyl (C=O) groups excluding carboxylic acids is 1. The molecule has 0 radical (unpaired) electrons. The normalized spacial score (nSPS) is 15.2. The van der Waals surface area contributed by atoms with Crippen LogP contribution in [0.5, 0.6) is 0 Å². The van der Waals surface area contributed by atoms with Crippen LogP contribution in [0.2, 0.25) is 0 Å². The number of aliphatic hydroxyl groups is 1. The minimum atomic E-state index is -0.207. The predicted molar refractivity (Wildman–Crippen MR) is 96.6 cm³/mol. The highest BCUT2D eigenvalue weighted by Crippen LogP contribution is 2.27. The maximum absolute atomic E-state index is 12.1. The van der Waals surface area contributed by atoms with Gasteiger partial charge in [-0.2, -0.15) is 0 Å². The van der Waals surface area contributed by atoms with Gasteiger partial charge in [0.15, 0.2) is 5.82 Å². The van der Waals surface area contributed by atoms with Crippen LogP contribution in [0, 0.1) is 0 Å². The second-order valence-electron chi connectivity index (χ2n) is 6.08. The number of likely N-dealkylation sites (N-methyl/N-ethyl adjacent to an activating group) is 1. The highest BCUT2D eigenvalue weighted by atomic mass is 16.3. The smallest absolute Gasteiger partial charge is 0.251 e. The molecule has 25 heavy (non-hydrogen) atoms. The van der Waals surface area contributed by atoms with Crippen molar-refractivity contribution in [3.05, 3.63) is 42.2 Å². The number of aliphatic hydroxyl groups excluding tert-OH is 1. The van der Waals surface area contributed by atoms with E-state index in [1.807, 2.05) is 18.2 Å². The van der Waals surface area contributed by atoms with Crippen LogP contribution in [0.15, 0.2) is 36.7 Å². The van der Waals surface area contributed by atoms with Gasteiger partial charge in [0.1, 0.15) is 5.69 Å². The van der Waals surface area contributed by atoms with Crippen molar-refractivity contribution in [3.63, 3.8) is 0 Å². The molecule has 2 heterocycles. The third-order valence-corrected chi connectivity index (χ3v) is 4.28. The van der Waals surface area contributed by atoms with Crippen LogP contribution in [0.25, 0.3) is 11.3 Å². The van der Waals surface area contributed by atoms with Crippen LogP contribution < -0.4 is 10.2 Å². The van der Waals surface area contributed by atoms with E-state index in [0.29, 0.717) is 5.56 Å². The molecule has 0 unspecified atom stereocenters. The Labute approximate surface area is 147 Å². The largest absolute Gasteiger partial charge is 0.395 e. The molecule has 3 rings (SSSR count). The van der Waals surface area contributed by atoms with Gasteiger partial charge in [0.25, 0.3) is 5.91 Å². The number of nitrogens with one attached hydrogen (secondary N) is 1.